The highest BCUT2D eigenvalue weighted by Crippen LogP contribution is 2.28. The summed E-state index contributed by atoms with van der Waals surface area (Å²) in [4.78, 5) is 13.0. The van der Waals surface area contributed by atoms with E-state index in [2.05, 4.69) is 5.32 Å². The Morgan fingerprint density at radius 1 is 1.03 bits per heavy atom. The fraction of sp³-hybridized carbons (Fsp3) is 0.409. The zero-order chi connectivity index (χ0) is 21.2. The molecule has 1 N–H and O–H groups in total. The minimum atomic E-state index is -3.58. The van der Waals surface area contributed by atoms with E-state index >= 15 is 0 Å². The minimum Gasteiger partial charge on any atom is -0.496 e. The fourth-order valence-corrected chi connectivity index (χ4v) is 5.31. The zero-order valence-corrected chi connectivity index (χ0v) is 18.2. The van der Waals surface area contributed by atoms with Crippen LogP contribution in [0.2, 0.25) is 0 Å². The van der Waals surface area contributed by atoms with Crippen LogP contribution < -0.4 is 10.1 Å². The number of anilines is 1. The topological polar surface area (TPSA) is 75.7 Å². The predicted octanol–water partition coefficient (Wildman–Crippen LogP) is 3.66. The zero-order valence-electron chi connectivity index (χ0n) is 17.4. The number of carbonyl (C=O) groups excluding carboxylic acids is 1. The molecule has 1 aliphatic rings. The molecule has 7 heteroatoms. The fourth-order valence-electron chi connectivity index (χ4n) is 3.76. The summed E-state index contributed by atoms with van der Waals surface area (Å²) >= 11 is 0. The highest BCUT2D eigenvalue weighted by atomic mass is 32.2. The maximum absolute atomic E-state index is 13.0. The maximum atomic E-state index is 13.0. The van der Waals surface area contributed by atoms with Gasteiger partial charge in [-0.15, -0.1) is 0 Å². The Labute approximate surface area is 172 Å². The summed E-state index contributed by atoms with van der Waals surface area (Å²) in [6.45, 7) is 6.42. The minimum absolute atomic E-state index is 0.0419. The van der Waals surface area contributed by atoms with Gasteiger partial charge in [-0.2, -0.15) is 4.31 Å². The standard InChI is InChI=1S/C22H28N2O4S/c1-15-6-5-7-16(2)21(15)23-22(25)18-10-12-24(13-11-18)29(26,27)19-8-9-20(28-4)17(3)14-19/h5-9,14,18H,10-13H2,1-4H3,(H,23,25). The van der Waals surface area contributed by atoms with Gasteiger partial charge in [0.05, 0.1) is 12.0 Å². The van der Waals surface area contributed by atoms with Crippen molar-refractivity contribution >= 4 is 21.6 Å². The van der Waals surface area contributed by atoms with E-state index < -0.39 is 10.0 Å². The molecule has 0 spiro atoms. The van der Waals surface area contributed by atoms with E-state index in [0.29, 0.717) is 31.7 Å². The van der Waals surface area contributed by atoms with Crippen LogP contribution in [0.4, 0.5) is 5.69 Å². The molecule has 0 bridgehead atoms. The molecule has 1 aliphatic heterocycles. The first-order valence-electron chi connectivity index (χ1n) is 9.76. The van der Waals surface area contributed by atoms with Crippen LogP contribution in [0.1, 0.15) is 29.5 Å². The van der Waals surface area contributed by atoms with Gasteiger partial charge < -0.3 is 10.1 Å². The molecule has 1 amide bonds. The second-order valence-electron chi connectivity index (χ2n) is 7.57. The van der Waals surface area contributed by atoms with Crippen molar-refractivity contribution in [3.05, 3.63) is 53.1 Å². The lowest BCUT2D eigenvalue weighted by molar-refractivity contribution is -0.120. The molecule has 2 aromatic rings. The number of sulfonamides is 1. The monoisotopic (exact) mass is 416 g/mol. The molecular formula is C22H28N2O4S. The molecule has 6 nitrogen and oxygen atoms in total. The lowest BCUT2D eigenvalue weighted by Crippen LogP contribution is -2.41. The Kier molecular flexibility index (Phi) is 6.29. The number of nitrogens with zero attached hydrogens (tertiary/aromatic N) is 1. The number of amides is 1. The van der Waals surface area contributed by atoms with Crippen molar-refractivity contribution in [1.29, 1.82) is 0 Å². The first-order chi connectivity index (χ1) is 13.7. The molecular weight excluding hydrogens is 388 g/mol. The van der Waals surface area contributed by atoms with Gasteiger partial charge in [-0.3, -0.25) is 4.79 Å². The van der Waals surface area contributed by atoms with Gasteiger partial charge >= 0.3 is 0 Å². The number of piperidine rings is 1. The number of hydrogen-bond acceptors (Lipinski definition) is 4. The summed E-state index contributed by atoms with van der Waals surface area (Å²) in [5.41, 5.74) is 3.67. The van der Waals surface area contributed by atoms with Crippen molar-refractivity contribution in [3.8, 4) is 5.75 Å². The summed E-state index contributed by atoms with van der Waals surface area (Å²) in [5.74, 6) is 0.420. The maximum Gasteiger partial charge on any atom is 0.243 e. The normalized spacial score (nSPS) is 15.9. The van der Waals surface area contributed by atoms with Crippen molar-refractivity contribution in [3.63, 3.8) is 0 Å². The molecule has 0 unspecified atom stereocenters. The quantitative estimate of drug-likeness (QED) is 0.807. The molecule has 0 aliphatic carbocycles. The van der Waals surface area contributed by atoms with Gasteiger partial charge in [0.2, 0.25) is 15.9 Å². The Balaban J connectivity index is 1.66. The Hall–Kier alpha value is -2.38. The second-order valence-corrected chi connectivity index (χ2v) is 9.50. The van der Waals surface area contributed by atoms with E-state index in [4.69, 9.17) is 4.74 Å². The number of methoxy groups -OCH3 is 1. The lowest BCUT2D eigenvalue weighted by Gasteiger charge is -2.31. The largest absolute Gasteiger partial charge is 0.496 e. The average Bonchev–Trinajstić information content (AvgIpc) is 2.70. The third-order valence-electron chi connectivity index (χ3n) is 5.56. The number of nitrogens with one attached hydrogen (secondary N) is 1. The Morgan fingerprint density at radius 2 is 1.66 bits per heavy atom. The van der Waals surface area contributed by atoms with Crippen LogP contribution in [-0.4, -0.2) is 38.8 Å². The molecule has 2 aromatic carbocycles. The van der Waals surface area contributed by atoms with E-state index in [1.54, 1.807) is 25.3 Å². The van der Waals surface area contributed by atoms with Gasteiger partial charge in [0.15, 0.2) is 0 Å². The van der Waals surface area contributed by atoms with Crippen LogP contribution >= 0.6 is 0 Å². The number of carbonyl (C=O) groups is 1. The summed E-state index contributed by atoms with van der Waals surface area (Å²) in [6, 6.07) is 10.8. The smallest absolute Gasteiger partial charge is 0.243 e. The molecule has 0 atom stereocenters. The van der Waals surface area contributed by atoms with Crippen LogP contribution in [0.3, 0.4) is 0 Å². The average molecular weight is 417 g/mol. The van der Waals surface area contributed by atoms with Crippen molar-refractivity contribution in [2.75, 3.05) is 25.5 Å². The van der Waals surface area contributed by atoms with E-state index in [-0.39, 0.29) is 16.7 Å². The highest BCUT2D eigenvalue weighted by molar-refractivity contribution is 7.89. The lowest BCUT2D eigenvalue weighted by atomic mass is 9.96. The predicted molar refractivity (Wildman–Crippen MR) is 114 cm³/mol. The third-order valence-corrected chi connectivity index (χ3v) is 7.45. The van der Waals surface area contributed by atoms with Gasteiger partial charge in [-0.25, -0.2) is 8.42 Å². The number of hydrogen-bond donors (Lipinski definition) is 1. The molecule has 0 saturated carbocycles. The number of aryl methyl sites for hydroxylation is 3. The number of benzene rings is 2. The number of para-hydroxylation sites is 1. The number of rotatable bonds is 5. The van der Waals surface area contributed by atoms with E-state index in [0.717, 1.165) is 22.4 Å². The molecule has 156 valence electrons. The number of ether oxygens (including phenoxy) is 1. The molecule has 1 heterocycles. The van der Waals surface area contributed by atoms with Crippen molar-refractivity contribution in [2.24, 2.45) is 5.92 Å². The SMILES string of the molecule is COc1ccc(S(=O)(=O)N2CCC(C(=O)Nc3c(C)cccc3C)CC2)cc1C. The Bertz CT molecular complexity index is 989. The summed E-state index contributed by atoms with van der Waals surface area (Å²) < 4.78 is 32.6. The van der Waals surface area contributed by atoms with E-state index in [1.807, 2.05) is 39.0 Å². The summed E-state index contributed by atoms with van der Waals surface area (Å²) in [5, 5.41) is 3.03. The van der Waals surface area contributed by atoms with Gasteiger partial charge in [-0.1, -0.05) is 18.2 Å². The highest BCUT2D eigenvalue weighted by Gasteiger charge is 2.32. The first-order valence-corrected chi connectivity index (χ1v) is 11.2. The van der Waals surface area contributed by atoms with E-state index in [1.165, 1.54) is 4.31 Å². The molecule has 29 heavy (non-hydrogen) atoms. The van der Waals surface area contributed by atoms with Gasteiger partial charge in [0.1, 0.15) is 5.75 Å². The van der Waals surface area contributed by atoms with Crippen LogP contribution in [0, 0.1) is 26.7 Å². The van der Waals surface area contributed by atoms with Crippen molar-refractivity contribution in [1.82, 2.24) is 4.31 Å². The first kappa shape index (κ1) is 21.3. The van der Waals surface area contributed by atoms with Crippen molar-refractivity contribution in [2.45, 2.75) is 38.5 Å². The second kappa shape index (κ2) is 8.55. The van der Waals surface area contributed by atoms with Crippen molar-refractivity contribution < 1.29 is 17.9 Å². The van der Waals surface area contributed by atoms with Gasteiger partial charge in [-0.05, 0) is 68.5 Å². The molecule has 0 aromatic heterocycles. The van der Waals surface area contributed by atoms with Crippen LogP contribution in [0.15, 0.2) is 41.3 Å². The van der Waals surface area contributed by atoms with Crippen LogP contribution in [-0.2, 0) is 14.8 Å². The van der Waals surface area contributed by atoms with Crippen LogP contribution in [0.5, 0.6) is 5.75 Å². The molecule has 3 rings (SSSR count). The Morgan fingerprint density at radius 3 is 2.21 bits per heavy atom. The van der Waals surface area contributed by atoms with Gasteiger partial charge in [0, 0.05) is 24.7 Å². The summed E-state index contributed by atoms with van der Waals surface area (Å²) in [6.07, 6.45) is 1.01. The molecule has 0 radical (unpaired) electrons. The van der Waals surface area contributed by atoms with Gasteiger partial charge in [0.25, 0.3) is 0 Å². The molecule has 1 fully saturated rings. The third kappa shape index (κ3) is 4.46. The van der Waals surface area contributed by atoms with E-state index in [9.17, 15) is 13.2 Å². The van der Waals surface area contributed by atoms with Crippen LogP contribution in [0.25, 0.3) is 0 Å². The summed E-state index contributed by atoms with van der Waals surface area (Å²) in [7, 11) is -2.02. The molecule has 1 saturated heterocycles.